The normalized spacial score (nSPS) is 18.5. The fourth-order valence-corrected chi connectivity index (χ4v) is 1.70. The quantitative estimate of drug-likeness (QED) is 0.630. The van der Waals surface area contributed by atoms with Gasteiger partial charge in [0.15, 0.2) is 0 Å². The number of rotatable bonds is 1. The first kappa shape index (κ1) is 19.0. The van der Waals surface area contributed by atoms with E-state index in [1.807, 2.05) is 79.7 Å². The molecule has 0 radical (unpaired) electrons. The van der Waals surface area contributed by atoms with Gasteiger partial charge in [-0.3, -0.25) is 0 Å². The van der Waals surface area contributed by atoms with Gasteiger partial charge < -0.3 is 15.0 Å². The summed E-state index contributed by atoms with van der Waals surface area (Å²) in [5.41, 5.74) is 6.89. The molecular formula is C16H30BNO2. The van der Waals surface area contributed by atoms with E-state index < -0.39 is 0 Å². The van der Waals surface area contributed by atoms with Gasteiger partial charge >= 0.3 is 7.12 Å². The average Bonchev–Trinajstić information content (AvgIpc) is 2.63. The molecule has 1 saturated heterocycles. The van der Waals surface area contributed by atoms with E-state index in [4.69, 9.17) is 15.0 Å². The molecule has 0 unspecified atom stereocenters. The van der Waals surface area contributed by atoms with Crippen LogP contribution in [0, 0.1) is 0 Å². The van der Waals surface area contributed by atoms with Crippen molar-refractivity contribution in [1.82, 2.24) is 0 Å². The predicted molar refractivity (Wildman–Crippen MR) is 89.3 cm³/mol. The number of para-hydroxylation sites is 1. The SMILES string of the molecule is CC.CC.CC1(C)OB(c2ccccc2N)OC1(C)C. The molecule has 1 aliphatic heterocycles. The van der Waals surface area contributed by atoms with Crippen molar-refractivity contribution in [2.75, 3.05) is 5.73 Å². The highest BCUT2D eigenvalue weighted by Gasteiger charge is 2.52. The number of benzene rings is 1. The van der Waals surface area contributed by atoms with Crippen LogP contribution >= 0.6 is 0 Å². The topological polar surface area (TPSA) is 44.5 Å². The van der Waals surface area contributed by atoms with Gasteiger partial charge in [-0.05, 0) is 33.8 Å². The fourth-order valence-electron chi connectivity index (χ4n) is 1.70. The van der Waals surface area contributed by atoms with Crippen molar-refractivity contribution in [3.63, 3.8) is 0 Å². The van der Waals surface area contributed by atoms with Crippen molar-refractivity contribution < 1.29 is 9.31 Å². The van der Waals surface area contributed by atoms with Gasteiger partial charge in [0.1, 0.15) is 0 Å². The van der Waals surface area contributed by atoms with Crippen molar-refractivity contribution in [2.45, 2.75) is 66.6 Å². The van der Waals surface area contributed by atoms with E-state index in [1.165, 1.54) is 0 Å². The highest BCUT2D eigenvalue weighted by atomic mass is 16.7. The van der Waals surface area contributed by atoms with E-state index in [-0.39, 0.29) is 18.3 Å². The maximum atomic E-state index is 5.93. The number of anilines is 1. The first-order valence-corrected chi connectivity index (χ1v) is 7.53. The van der Waals surface area contributed by atoms with Crippen molar-refractivity contribution in [2.24, 2.45) is 0 Å². The molecular weight excluding hydrogens is 249 g/mol. The molecule has 1 aromatic carbocycles. The molecule has 114 valence electrons. The smallest absolute Gasteiger partial charge is 0.399 e. The Morgan fingerprint density at radius 1 is 0.850 bits per heavy atom. The lowest BCUT2D eigenvalue weighted by Gasteiger charge is -2.32. The third kappa shape index (κ3) is 4.00. The summed E-state index contributed by atoms with van der Waals surface area (Å²) >= 11 is 0. The van der Waals surface area contributed by atoms with Gasteiger partial charge in [-0.1, -0.05) is 45.9 Å². The molecule has 1 heterocycles. The van der Waals surface area contributed by atoms with Crippen LogP contribution in [0.5, 0.6) is 0 Å². The summed E-state index contributed by atoms with van der Waals surface area (Å²) in [5, 5.41) is 0. The van der Waals surface area contributed by atoms with Crippen LogP contribution in [0.25, 0.3) is 0 Å². The van der Waals surface area contributed by atoms with Crippen molar-refractivity contribution in [1.29, 1.82) is 0 Å². The molecule has 1 fully saturated rings. The highest BCUT2D eigenvalue weighted by molar-refractivity contribution is 6.63. The lowest BCUT2D eigenvalue weighted by molar-refractivity contribution is 0.00578. The van der Waals surface area contributed by atoms with Gasteiger partial charge in [-0.15, -0.1) is 0 Å². The summed E-state index contributed by atoms with van der Waals surface area (Å²) in [6.07, 6.45) is 0. The summed E-state index contributed by atoms with van der Waals surface area (Å²) in [6, 6.07) is 7.65. The van der Waals surface area contributed by atoms with E-state index in [1.54, 1.807) is 0 Å². The van der Waals surface area contributed by atoms with Crippen LogP contribution in [0.3, 0.4) is 0 Å². The lowest BCUT2D eigenvalue weighted by Crippen LogP contribution is -2.41. The van der Waals surface area contributed by atoms with Crippen LogP contribution in [-0.2, 0) is 9.31 Å². The Hall–Kier alpha value is -0.995. The summed E-state index contributed by atoms with van der Waals surface area (Å²) in [6.45, 7) is 16.1. The molecule has 0 atom stereocenters. The number of hydrogen-bond acceptors (Lipinski definition) is 3. The molecule has 0 aromatic heterocycles. The van der Waals surface area contributed by atoms with Crippen LogP contribution in [0.1, 0.15) is 55.4 Å². The van der Waals surface area contributed by atoms with E-state index in [9.17, 15) is 0 Å². The van der Waals surface area contributed by atoms with Crippen molar-refractivity contribution >= 4 is 18.3 Å². The van der Waals surface area contributed by atoms with Crippen LogP contribution in [0.2, 0.25) is 0 Å². The molecule has 0 aliphatic carbocycles. The van der Waals surface area contributed by atoms with E-state index in [2.05, 4.69) is 0 Å². The van der Waals surface area contributed by atoms with Gasteiger partial charge in [0, 0.05) is 11.2 Å². The molecule has 1 aliphatic rings. The lowest BCUT2D eigenvalue weighted by atomic mass is 9.78. The van der Waals surface area contributed by atoms with E-state index >= 15 is 0 Å². The largest absolute Gasteiger partial charge is 0.496 e. The van der Waals surface area contributed by atoms with Gasteiger partial charge in [0.05, 0.1) is 11.2 Å². The third-order valence-electron chi connectivity index (χ3n) is 3.50. The van der Waals surface area contributed by atoms with Crippen molar-refractivity contribution in [3.8, 4) is 0 Å². The number of nitrogens with two attached hydrogens (primary N) is 1. The Morgan fingerprint density at radius 3 is 1.65 bits per heavy atom. The Bertz CT molecular complexity index is 389. The second-order valence-electron chi connectivity index (χ2n) is 5.22. The molecule has 0 saturated carbocycles. The Balaban J connectivity index is 0.000000829. The fraction of sp³-hybridized carbons (Fsp3) is 0.625. The van der Waals surface area contributed by atoms with Gasteiger partial charge in [-0.25, -0.2) is 0 Å². The molecule has 4 heteroatoms. The first-order chi connectivity index (χ1) is 9.33. The zero-order valence-electron chi connectivity index (χ0n) is 14.3. The summed E-state index contributed by atoms with van der Waals surface area (Å²) in [4.78, 5) is 0. The molecule has 3 nitrogen and oxygen atoms in total. The zero-order valence-corrected chi connectivity index (χ0v) is 14.3. The second kappa shape index (κ2) is 7.70. The monoisotopic (exact) mass is 279 g/mol. The maximum Gasteiger partial charge on any atom is 0.496 e. The van der Waals surface area contributed by atoms with E-state index in [0.717, 1.165) is 5.46 Å². The van der Waals surface area contributed by atoms with Gasteiger partial charge in [-0.2, -0.15) is 0 Å². The molecule has 1 aromatic rings. The van der Waals surface area contributed by atoms with Gasteiger partial charge in [0.25, 0.3) is 0 Å². The molecule has 0 bridgehead atoms. The minimum atomic E-state index is -0.369. The molecule has 2 rings (SSSR count). The van der Waals surface area contributed by atoms with Crippen LogP contribution < -0.4 is 11.2 Å². The van der Waals surface area contributed by atoms with Crippen LogP contribution in [0.15, 0.2) is 24.3 Å². The molecule has 0 spiro atoms. The molecule has 2 N–H and O–H groups in total. The maximum absolute atomic E-state index is 5.93. The predicted octanol–water partition coefficient (Wildman–Crippen LogP) is 3.62. The van der Waals surface area contributed by atoms with Crippen LogP contribution in [-0.4, -0.2) is 18.3 Å². The second-order valence-corrected chi connectivity index (χ2v) is 5.22. The van der Waals surface area contributed by atoms with E-state index in [0.29, 0.717) is 5.69 Å². The highest BCUT2D eigenvalue weighted by Crippen LogP contribution is 2.36. The number of nitrogen functional groups attached to an aromatic ring is 1. The molecule has 0 amide bonds. The summed E-state index contributed by atoms with van der Waals surface area (Å²) in [7, 11) is -0.369. The van der Waals surface area contributed by atoms with Crippen LogP contribution in [0.4, 0.5) is 5.69 Å². The zero-order chi connectivity index (χ0) is 16.0. The Kier molecular flexibility index (Phi) is 7.32. The van der Waals surface area contributed by atoms with Crippen molar-refractivity contribution in [3.05, 3.63) is 24.3 Å². The standard InChI is InChI=1S/C12H18BNO2.2C2H6/c1-11(2)12(3,4)16-13(15-11)9-7-5-6-8-10(9)14;2*1-2/h5-8H,14H2,1-4H3;2*1-2H3. The Labute approximate surface area is 125 Å². The summed E-state index contributed by atoms with van der Waals surface area (Å²) in [5.74, 6) is 0. The first-order valence-electron chi connectivity index (χ1n) is 7.53. The molecule has 20 heavy (non-hydrogen) atoms. The average molecular weight is 279 g/mol. The third-order valence-corrected chi connectivity index (χ3v) is 3.50. The Morgan fingerprint density at radius 2 is 1.25 bits per heavy atom. The minimum absolute atomic E-state index is 0.319. The summed E-state index contributed by atoms with van der Waals surface area (Å²) < 4.78 is 11.9. The minimum Gasteiger partial charge on any atom is -0.399 e. The van der Waals surface area contributed by atoms with Gasteiger partial charge in [0.2, 0.25) is 0 Å². The number of hydrogen-bond donors (Lipinski definition) is 1.